The Bertz CT molecular complexity index is 4830. The highest BCUT2D eigenvalue weighted by atomic mass is 31.2. The predicted octanol–water partition coefficient (Wildman–Crippen LogP) is 11.4. The van der Waals surface area contributed by atoms with E-state index in [2.05, 4.69) is 59.0 Å². The fourth-order valence-corrected chi connectivity index (χ4v) is 23.6. The summed E-state index contributed by atoms with van der Waals surface area (Å²) in [6.07, 6.45) is 2.97. The number of rotatable bonds is 31. The average Bonchev–Trinajstić information content (AvgIpc) is 0.828. The molecule has 0 spiro atoms. The Morgan fingerprint density at radius 2 is 0.839 bits per heavy atom. The molecule has 8 aliphatic rings. The maximum absolute atomic E-state index is 14.9. The maximum atomic E-state index is 14.9. The zero-order valence-corrected chi connectivity index (χ0v) is 71.1. The van der Waals surface area contributed by atoms with Crippen molar-refractivity contribution in [3.63, 3.8) is 0 Å². The third-order valence-electron chi connectivity index (χ3n) is 21.8. The number of nitrogens with zero attached hydrogens (tertiary/aromatic N) is 6. The van der Waals surface area contributed by atoms with Crippen molar-refractivity contribution >= 4 is 116 Å². The van der Waals surface area contributed by atoms with Crippen LogP contribution in [0.2, 0.25) is 39.3 Å². The number of esters is 3. The molecule has 6 fully saturated rings. The van der Waals surface area contributed by atoms with Gasteiger partial charge in [-0.05, 0) is 128 Å². The SMILES string of the molecule is C=CCOC(=O)C(N1C(=O)[C@H]([C@@H](C)O[Si](C)(C)C)[C@H]1CC(=O)c1ccc(CN2CCOC2=O)cc1)=P(c1ccccc1)(c1ccccc1)c1ccccc1.C=CCOC(=O)C1=C(c2ccc(CN3CCOC3=O)cc2)C[C@@H]2[C@@H]([C@@H](C)O)C(=O)N12.C=CCOC(=O)C1=C(c2ccc(CN3CCOC3=O)cc2)C[C@@H]2[C@@H]([C@@H](C)O[Si](C)(C)C)C(=O)N12. The van der Waals surface area contributed by atoms with Crippen LogP contribution >= 0.6 is 6.89 Å². The Labute approximate surface area is 690 Å². The van der Waals surface area contributed by atoms with Crippen molar-refractivity contribution in [3.05, 3.63) is 247 Å². The summed E-state index contributed by atoms with van der Waals surface area (Å²) in [5, 5.41) is 12.5. The molecule has 8 heterocycles. The van der Waals surface area contributed by atoms with Crippen molar-refractivity contribution in [2.45, 2.75) is 135 Å². The molecule has 0 aromatic heterocycles. The molecule has 9 atom stereocenters. The number of hydrogen-bond acceptors (Lipinski definition) is 19. The number of cyclic esters (lactones) is 3. The van der Waals surface area contributed by atoms with Gasteiger partial charge in [0.1, 0.15) is 56.5 Å². The third kappa shape index (κ3) is 18.6. The number of Topliss-reactive ketones (excluding diaryl/α,β-unsaturated/α-hetero) is 1. The van der Waals surface area contributed by atoms with Gasteiger partial charge >= 0.3 is 36.2 Å². The first kappa shape index (κ1) is 86.3. The van der Waals surface area contributed by atoms with E-state index in [1.165, 1.54) is 23.1 Å². The number of aliphatic hydroxyl groups is 1. The maximum Gasteiger partial charge on any atom is 0.410 e. The number of amides is 6. The van der Waals surface area contributed by atoms with Gasteiger partial charge in [0.15, 0.2) is 22.4 Å². The number of likely N-dealkylation sites (tertiary alicyclic amines) is 1. The standard InChI is InChI=1S/C43H47N2O7PSi.C25H32N2O6Si.C22H24N2O6/c1-6-27-50-42(48)41(53(34-16-10-7-11-17-34,35-18-12-8-13-19-35)36-20-14-9-15-21-36)45-37(39(40(45)47)31(2)52-54(3,4)5)29-38(46)33-24-22-32(23-25-33)30-44-26-28-51-43(44)49;1-6-12-31-24(29)22-19(14-20-21(23(28)27(20)22)16(2)33-34(3,4)5)18-9-7-17(8-10-18)15-26-11-13-32-25(26)30;1-3-9-29-21(27)19-16(11-17-18(13(2)25)20(26)24(17)19)15-6-4-14(5-7-15)12-23-8-10-30-22(23)28/h6-25,31,37,39H,1,26-30H2,2-5H3;6-10,16,20-21H,1,11-15H2,2-5H3;3-7,13,17-18,25H,1,8-12H2,2H3/t31-,37-,39-;16-,20-,21-;13-,17-,18-/m111/s1. The minimum Gasteiger partial charge on any atom is -0.457 e. The van der Waals surface area contributed by atoms with Gasteiger partial charge in [0.25, 0.3) is 0 Å². The summed E-state index contributed by atoms with van der Waals surface area (Å²) in [5.41, 5.74) is 7.16. The number of benzene rings is 6. The molecule has 0 bridgehead atoms. The van der Waals surface area contributed by atoms with E-state index in [4.69, 9.17) is 37.3 Å². The topological polar surface area (TPSA) is 284 Å². The Morgan fingerprint density at radius 3 is 1.19 bits per heavy atom. The summed E-state index contributed by atoms with van der Waals surface area (Å²) in [7, 11) is -3.96. The van der Waals surface area contributed by atoms with Crippen LogP contribution in [0.3, 0.4) is 0 Å². The van der Waals surface area contributed by atoms with Crippen molar-refractivity contribution in [1.82, 2.24) is 29.4 Å². The van der Waals surface area contributed by atoms with Crippen molar-refractivity contribution < 1.29 is 90.3 Å². The van der Waals surface area contributed by atoms with Gasteiger partial charge in [-0.15, -0.1) is 0 Å². The normalized spacial score (nSPS) is 20.8. The van der Waals surface area contributed by atoms with Crippen LogP contribution in [0, 0.1) is 17.8 Å². The van der Waals surface area contributed by atoms with Gasteiger partial charge in [0, 0.05) is 38.5 Å². The second-order valence-electron chi connectivity index (χ2n) is 32.1. The molecule has 6 saturated heterocycles. The highest BCUT2D eigenvalue weighted by Crippen LogP contribution is 2.52. The van der Waals surface area contributed by atoms with Crippen LogP contribution in [0.1, 0.15) is 78.2 Å². The van der Waals surface area contributed by atoms with Gasteiger partial charge in [-0.2, -0.15) is 0 Å². The molecule has 6 amide bonds. The van der Waals surface area contributed by atoms with Crippen LogP contribution in [-0.2, 0) is 85.7 Å². The van der Waals surface area contributed by atoms with E-state index in [9.17, 15) is 53.1 Å². The summed E-state index contributed by atoms with van der Waals surface area (Å²) in [6, 6.07) is 50.7. The fourth-order valence-electron chi connectivity index (χ4n) is 16.7. The predicted molar refractivity (Wildman–Crippen MR) is 452 cm³/mol. The van der Waals surface area contributed by atoms with Gasteiger partial charge < -0.3 is 71.8 Å². The van der Waals surface area contributed by atoms with Crippen LogP contribution in [0.5, 0.6) is 0 Å². The van der Waals surface area contributed by atoms with E-state index in [-0.39, 0.29) is 103 Å². The number of carbonyl (C=O) groups excluding carboxylic acids is 10. The second kappa shape index (κ2) is 37.3. The minimum atomic E-state index is -3.17. The molecule has 0 saturated carbocycles. The number of aliphatic hydroxyl groups excluding tert-OH is 1. The summed E-state index contributed by atoms with van der Waals surface area (Å²) in [4.78, 5) is 140. The number of hydrogen-bond donors (Lipinski definition) is 1. The van der Waals surface area contributed by atoms with E-state index in [1.807, 2.05) is 166 Å². The van der Waals surface area contributed by atoms with E-state index in [1.54, 1.807) is 43.6 Å². The van der Waals surface area contributed by atoms with Gasteiger partial charge in [0.05, 0.1) is 73.8 Å². The molecule has 620 valence electrons. The summed E-state index contributed by atoms with van der Waals surface area (Å²) in [6.45, 7) is 29.8. The molecule has 0 unspecified atom stereocenters. The van der Waals surface area contributed by atoms with E-state index >= 15 is 0 Å². The highest BCUT2D eigenvalue weighted by molar-refractivity contribution is 7.96. The van der Waals surface area contributed by atoms with Crippen molar-refractivity contribution in [2.24, 2.45) is 17.8 Å². The molecule has 28 heteroatoms. The van der Waals surface area contributed by atoms with Crippen molar-refractivity contribution in [2.75, 3.05) is 59.3 Å². The monoisotopic (exact) mass is 1660 g/mol. The lowest BCUT2D eigenvalue weighted by Crippen LogP contribution is -2.69. The van der Waals surface area contributed by atoms with Gasteiger partial charge in [-0.25, -0.2) is 28.8 Å². The number of fused-ring (bicyclic) bond motifs is 2. The lowest BCUT2D eigenvalue weighted by atomic mass is 9.79. The summed E-state index contributed by atoms with van der Waals surface area (Å²) in [5.74, 6) is -4.07. The number of ether oxygens (including phenoxy) is 6. The summed E-state index contributed by atoms with van der Waals surface area (Å²) < 4.78 is 44.2. The molecular weight excluding hydrogens is 1560 g/mol. The van der Waals surface area contributed by atoms with Crippen LogP contribution in [0.25, 0.3) is 11.1 Å². The van der Waals surface area contributed by atoms with Gasteiger partial charge in [-0.1, -0.05) is 202 Å². The first-order chi connectivity index (χ1) is 56.5. The van der Waals surface area contributed by atoms with Gasteiger partial charge in [0.2, 0.25) is 17.7 Å². The lowest BCUT2D eigenvalue weighted by Gasteiger charge is -2.52. The third-order valence-corrected chi connectivity index (χ3v) is 28.2. The van der Waals surface area contributed by atoms with Crippen LogP contribution < -0.4 is 15.9 Å². The van der Waals surface area contributed by atoms with Crippen LogP contribution in [0.4, 0.5) is 14.4 Å². The molecule has 6 aromatic rings. The van der Waals surface area contributed by atoms with Crippen molar-refractivity contribution in [1.29, 1.82) is 0 Å². The van der Waals surface area contributed by atoms with Crippen LogP contribution in [0.15, 0.2) is 213 Å². The van der Waals surface area contributed by atoms with Crippen molar-refractivity contribution in [3.8, 4) is 0 Å². The largest absolute Gasteiger partial charge is 0.457 e. The molecule has 25 nitrogen and oxygen atoms in total. The first-order valence-electron chi connectivity index (χ1n) is 39.8. The van der Waals surface area contributed by atoms with E-state index in [0.29, 0.717) is 83.2 Å². The zero-order valence-electron chi connectivity index (χ0n) is 68.2. The number of carbonyl (C=O) groups is 10. The number of β-lactam (4-membered cyclic amide) rings is 3. The highest BCUT2D eigenvalue weighted by Gasteiger charge is 2.60. The Morgan fingerprint density at radius 1 is 0.483 bits per heavy atom. The Balaban J connectivity index is 0.000000172. The van der Waals surface area contributed by atoms with E-state index in [0.717, 1.165) is 54.9 Å². The molecule has 8 aliphatic heterocycles. The molecule has 118 heavy (non-hydrogen) atoms. The fraction of sp³-hybridized carbons (Fsp3) is 0.367. The van der Waals surface area contributed by atoms with Crippen LogP contribution in [-0.4, -0.2) is 212 Å². The molecule has 14 rings (SSSR count). The lowest BCUT2D eigenvalue weighted by molar-refractivity contribution is -0.162. The molecule has 0 aliphatic carbocycles. The summed E-state index contributed by atoms with van der Waals surface area (Å²) >= 11 is 0. The molecule has 1 N–H and O–H groups in total. The first-order valence-corrected chi connectivity index (χ1v) is 48.4. The smallest absolute Gasteiger partial charge is 0.410 e. The average molecular weight is 1660 g/mol. The van der Waals surface area contributed by atoms with Gasteiger partial charge in [-0.3, -0.25) is 19.2 Å². The minimum absolute atomic E-state index is 0.0486. The van der Waals surface area contributed by atoms with E-state index < -0.39 is 71.5 Å². The Hall–Kier alpha value is -11.1. The second-order valence-corrected chi connectivity index (χ2v) is 44.3. The quantitative estimate of drug-likeness (QED) is 0.00805. The molecular formula is C90H103N6O19PSi2. The molecule has 0 radical (unpaired) electrons. The zero-order chi connectivity index (χ0) is 84.5. The Kier molecular flexibility index (Phi) is 27.2. The molecule has 6 aromatic carbocycles. The number of ketones is 1.